The zero-order valence-electron chi connectivity index (χ0n) is 11.1. The number of unbranched alkanes of at least 4 members (excludes halogenated alkanes) is 3. The van der Waals surface area contributed by atoms with E-state index in [-0.39, 0.29) is 11.9 Å². The molecule has 1 aliphatic rings. The fourth-order valence-corrected chi connectivity index (χ4v) is 2.90. The van der Waals surface area contributed by atoms with Gasteiger partial charge >= 0.3 is 5.97 Å². The van der Waals surface area contributed by atoms with Gasteiger partial charge in [0.25, 0.3) is 0 Å². The molecule has 16 heavy (non-hydrogen) atoms. The molecular formula is C14H26O2. The van der Waals surface area contributed by atoms with E-state index in [1.807, 2.05) is 0 Å². The van der Waals surface area contributed by atoms with Gasteiger partial charge in [-0.15, -0.1) is 0 Å². The molecule has 1 rings (SSSR count). The van der Waals surface area contributed by atoms with Crippen LogP contribution in [0.25, 0.3) is 0 Å². The molecule has 0 spiro atoms. The Morgan fingerprint density at radius 2 is 2.12 bits per heavy atom. The molecule has 2 nitrogen and oxygen atoms in total. The van der Waals surface area contributed by atoms with E-state index < -0.39 is 0 Å². The highest BCUT2D eigenvalue weighted by Gasteiger charge is 2.38. The molecule has 0 aliphatic heterocycles. The van der Waals surface area contributed by atoms with Crippen molar-refractivity contribution in [3.05, 3.63) is 0 Å². The normalized spacial score (nSPS) is 29.3. The Bertz CT molecular complexity index is 225. The fourth-order valence-electron chi connectivity index (χ4n) is 2.90. The van der Waals surface area contributed by atoms with E-state index in [2.05, 4.69) is 13.8 Å². The molecule has 94 valence electrons. The highest BCUT2D eigenvalue weighted by atomic mass is 16.5. The van der Waals surface area contributed by atoms with Crippen molar-refractivity contribution in [2.75, 3.05) is 7.11 Å². The zero-order chi connectivity index (χ0) is 12.0. The van der Waals surface area contributed by atoms with Gasteiger partial charge in [0.1, 0.15) is 0 Å². The second kappa shape index (κ2) is 6.27. The molecule has 0 saturated heterocycles. The van der Waals surface area contributed by atoms with E-state index in [0.717, 1.165) is 12.8 Å². The first kappa shape index (κ1) is 13.5. The van der Waals surface area contributed by atoms with Crippen molar-refractivity contribution in [3.8, 4) is 0 Å². The van der Waals surface area contributed by atoms with Gasteiger partial charge in [-0.05, 0) is 31.1 Å². The molecule has 1 aliphatic carbocycles. The van der Waals surface area contributed by atoms with E-state index in [4.69, 9.17) is 4.74 Å². The van der Waals surface area contributed by atoms with Crippen LogP contribution in [0.3, 0.4) is 0 Å². The van der Waals surface area contributed by atoms with Crippen molar-refractivity contribution in [1.29, 1.82) is 0 Å². The van der Waals surface area contributed by atoms with Crippen LogP contribution in [0.15, 0.2) is 0 Å². The standard InChI is InChI=1S/C14H26O2/c1-4-5-6-7-9-14(2)10-8-12(11-14)13(15)16-3/h12H,4-11H2,1-3H3. The van der Waals surface area contributed by atoms with Gasteiger partial charge in [-0.2, -0.15) is 0 Å². The van der Waals surface area contributed by atoms with Crippen molar-refractivity contribution in [3.63, 3.8) is 0 Å². The predicted molar refractivity (Wildman–Crippen MR) is 66.2 cm³/mol. The van der Waals surface area contributed by atoms with Crippen LogP contribution in [0.2, 0.25) is 0 Å². The third-order valence-electron chi connectivity index (χ3n) is 4.00. The average molecular weight is 226 g/mol. The van der Waals surface area contributed by atoms with Crippen molar-refractivity contribution in [2.45, 2.75) is 65.2 Å². The van der Waals surface area contributed by atoms with E-state index in [9.17, 15) is 4.79 Å². The maximum Gasteiger partial charge on any atom is 0.308 e. The molecule has 0 aromatic carbocycles. The third kappa shape index (κ3) is 3.80. The second-order valence-corrected chi connectivity index (χ2v) is 5.58. The molecule has 2 heteroatoms. The Hall–Kier alpha value is -0.530. The monoisotopic (exact) mass is 226 g/mol. The molecule has 0 amide bonds. The van der Waals surface area contributed by atoms with Crippen LogP contribution >= 0.6 is 0 Å². The summed E-state index contributed by atoms with van der Waals surface area (Å²) in [6.45, 7) is 4.58. The number of rotatable bonds is 6. The molecule has 1 saturated carbocycles. The first-order valence-electron chi connectivity index (χ1n) is 6.69. The summed E-state index contributed by atoms with van der Waals surface area (Å²) in [6.07, 6.45) is 9.83. The molecule has 2 unspecified atom stereocenters. The first-order chi connectivity index (χ1) is 7.61. The van der Waals surface area contributed by atoms with Crippen molar-refractivity contribution < 1.29 is 9.53 Å². The lowest BCUT2D eigenvalue weighted by Crippen LogP contribution is -2.17. The largest absolute Gasteiger partial charge is 0.469 e. The summed E-state index contributed by atoms with van der Waals surface area (Å²) in [5, 5.41) is 0. The lowest BCUT2D eigenvalue weighted by molar-refractivity contribution is -0.145. The maximum atomic E-state index is 11.5. The fraction of sp³-hybridized carbons (Fsp3) is 0.929. The van der Waals surface area contributed by atoms with Gasteiger partial charge in [0.05, 0.1) is 13.0 Å². The van der Waals surface area contributed by atoms with E-state index in [0.29, 0.717) is 5.41 Å². The number of methoxy groups -OCH3 is 1. The van der Waals surface area contributed by atoms with Crippen molar-refractivity contribution >= 4 is 5.97 Å². The average Bonchev–Trinajstić information content (AvgIpc) is 2.67. The van der Waals surface area contributed by atoms with Crippen LogP contribution in [0.1, 0.15) is 65.2 Å². The lowest BCUT2D eigenvalue weighted by Gasteiger charge is -2.23. The summed E-state index contributed by atoms with van der Waals surface area (Å²) >= 11 is 0. The number of ether oxygens (including phenoxy) is 1. The van der Waals surface area contributed by atoms with Gasteiger partial charge in [0.15, 0.2) is 0 Å². The maximum absolute atomic E-state index is 11.5. The minimum Gasteiger partial charge on any atom is -0.469 e. The van der Waals surface area contributed by atoms with Crippen LogP contribution in [-0.2, 0) is 9.53 Å². The SMILES string of the molecule is CCCCCCC1(C)CCC(C(=O)OC)C1. The van der Waals surface area contributed by atoms with Gasteiger partial charge in [0, 0.05) is 0 Å². The highest BCUT2D eigenvalue weighted by molar-refractivity contribution is 5.72. The van der Waals surface area contributed by atoms with Crippen molar-refractivity contribution in [2.24, 2.45) is 11.3 Å². The van der Waals surface area contributed by atoms with Gasteiger partial charge in [-0.1, -0.05) is 39.5 Å². The van der Waals surface area contributed by atoms with E-state index in [1.54, 1.807) is 0 Å². The van der Waals surface area contributed by atoms with Crippen LogP contribution in [-0.4, -0.2) is 13.1 Å². The third-order valence-corrected chi connectivity index (χ3v) is 4.00. The molecule has 0 heterocycles. The molecule has 1 fully saturated rings. The van der Waals surface area contributed by atoms with Gasteiger partial charge in [-0.25, -0.2) is 0 Å². The minimum absolute atomic E-state index is 0.00252. The number of hydrogen-bond acceptors (Lipinski definition) is 2. The van der Waals surface area contributed by atoms with Gasteiger partial charge in [0.2, 0.25) is 0 Å². The van der Waals surface area contributed by atoms with E-state index >= 15 is 0 Å². The Balaban J connectivity index is 2.28. The Labute approximate surface area is 99.8 Å². The molecule has 2 atom stereocenters. The molecule has 0 radical (unpaired) electrons. The summed E-state index contributed by atoms with van der Waals surface area (Å²) < 4.78 is 4.83. The smallest absolute Gasteiger partial charge is 0.308 e. The van der Waals surface area contributed by atoms with Crippen molar-refractivity contribution in [1.82, 2.24) is 0 Å². The number of esters is 1. The molecular weight excluding hydrogens is 200 g/mol. The number of carbonyl (C=O) groups is 1. The Morgan fingerprint density at radius 1 is 1.38 bits per heavy atom. The first-order valence-corrected chi connectivity index (χ1v) is 6.69. The highest BCUT2D eigenvalue weighted by Crippen LogP contribution is 2.45. The summed E-state index contributed by atoms with van der Waals surface area (Å²) in [7, 11) is 1.50. The van der Waals surface area contributed by atoms with Crippen LogP contribution in [0, 0.1) is 11.3 Å². The summed E-state index contributed by atoms with van der Waals surface area (Å²) in [5.41, 5.74) is 0.395. The molecule has 0 bridgehead atoms. The number of hydrogen-bond donors (Lipinski definition) is 0. The summed E-state index contributed by atoms with van der Waals surface area (Å²) in [5.74, 6) is 0.165. The Kier molecular flexibility index (Phi) is 5.30. The van der Waals surface area contributed by atoms with Crippen LogP contribution in [0.4, 0.5) is 0 Å². The second-order valence-electron chi connectivity index (χ2n) is 5.58. The van der Waals surface area contributed by atoms with Crippen LogP contribution < -0.4 is 0 Å². The van der Waals surface area contributed by atoms with Gasteiger partial charge < -0.3 is 4.74 Å². The topological polar surface area (TPSA) is 26.3 Å². The van der Waals surface area contributed by atoms with E-state index in [1.165, 1.54) is 45.6 Å². The molecule has 0 aromatic heterocycles. The number of carbonyl (C=O) groups excluding carboxylic acids is 1. The quantitative estimate of drug-likeness (QED) is 0.506. The summed E-state index contributed by atoms with van der Waals surface area (Å²) in [4.78, 5) is 11.5. The van der Waals surface area contributed by atoms with Gasteiger partial charge in [-0.3, -0.25) is 4.79 Å². The lowest BCUT2D eigenvalue weighted by atomic mass is 9.82. The molecule has 0 N–H and O–H groups in total. The van der Waals surface area contributed by atoms with Crippen LogP contribution in [0.5, 0.6) is 0 Å². The molecule has 0 aromatic rings. The Morgan fingerprint density at radius 3 is 2.75 bits per heavy atom. The summed E-state index contributed by atoms with van der Waals surface area (Å²) in [6, 6.07) is 0. The minimum atomic E-state index is -0.00252. The predicted octanol–water partition coefficient (Wildman–Crippen LogP) is 3.94. The zero-order valence-corrected chi connectivity index (χ0v) is 11.1.